The van der Waals surface area contributed by atoms with Crippen LogP contribution >= 0.6 is 0 Å². The fourth-order valence-corrected chi connectivity index (χ4v) is 3.62. The lowest BCUT2D eigenvalue weighted by molar-refractivity contribution is 0.0627. The zero-order valence-corrected chi connectivity index (χ0v) is 13.1. The maximum atomic E-state index is 12.4. The molecule has 4 heteroatoms. The smallest absolute Gasteiger partial charge is 0.253 e. The number of carbonyl (C=O) groups excluding carboxylic acids is 1. The lowest BCUT2D eigenvalue weighted by Crippen LogP contribution is -2.51. The molecule has 2 unspecified atom stereocenters. The van der Waals surface area contributed by atoms with Crippen molar-refractivity contribution in [3.63, 3.8) is 0 Å². The van der Waals surface area contributed by atoms with E-state index in [9.17, 15) is 9.90 Å². The van der Waals surface area contributed by atoms with Crippen LogP contribution in [0.5, 0.6) is 0 Å². The maximum absolute atomic E-state index is 12.4. The SMILES string of the molecule is O=C(c1ccccc1)N1CCC(NC2CCCCC2O)CC1. The third kappa shape index (κ3) is 3.68. The molecule has 3 rings (SSSR count). The van der Waals surface area contributed by atoms with Crippen LogP contribution in [-0.2, 0) is 0 Å². The minimum Gasteiger partial charge on any atom is -0.392 e. The van der Waals surface area contributed by atoms with Gasteiger partial charge in [0.25, 0.3) is 5.91 Å². The molecule has 1 heterocycles. The topological polar surface area (TPSA) is 52.6 Å². The molecule has 1 aromatic rings. The Hall–Kier alpha value is -1.39. The van der Waals surface area contributed by atoms with Crippen molar-refractivity contribution in [2.45, 2.75) is 56.7 Å². The van der Waals surface area contributed by atoms with Crippen LogP contribution < -0.4 is 5.32 Å². The van der Waals surface area contributed by atoms with E-state index in [1.165, 1.54) is 6.42 Å². The lowest BCUT2D eigenvalue weighted by Gasteiger charge is -2.37. The molecule has 1 saturated carbocycles. The highest BCUT2D eigenvalue weighted by Gasteiger charge is 2.28. The number of carbonyl (C=O) groups is 1. The van der Waals surface area contributed by atoms with Crippen LogP contribution in [0.25, 0.3) is 0 Å². The highest BCUT2D eigenvalue weighted by Crippen LogP contribution is 2.21. The van der Waals surface area contributed by atoms with Crippen molar-refractivity contribution in [2.75, 3.05) is 13.1 Å². The first-order valence-electron chi connectivity index (χ1n) is 8.52. The zero-order valence-electron chi connectivity index (χ0n) is 13.1. The van der Waals surface area contributed by atoms with Crippen molar-refractivity contribution in [2.24, 2.45) is 0 Å². The van der Waals surface area contributed by atoms with E-state index in [0.29, 0.717) is 6.04 Å². The molecule has 120 valence electrons. The van der Waals surface area contributed by atoms with Gasteiger partial charge in [0.1, 0.15) is 0 Å². The molecule has 1 amide bonds. The maximum Gasteiger partial charge on any atom is 0.253 e. The van der Waals surface area contributed by atoms with Crippen LogP contribution in [0, 0.1) is 0 Å². The summed E-state index contributed by atoms with van der Waals surface area (Å²) in [6, 6.07) is 10.2. The van der Waals surface area contributed by atoms with Crippen molar-refractivity contribution in [3.8, 4) is 0 Å². The Morgan fingerprint density at radius 1 is 1.05 bits per heavy atom. The number of rotatable bonds is 3. The standard InChI is InChI=1S/C18H26N2O2/c21-17-9-5-4-8-16(17)19-15-10-12-20(13-11-15)18(22)14-6-2-1-3-7-14/h1-3,6-7,15-17,19,21H,4-5,8-13H2. The van der Waals surface area contributed by atoms with Gasteiger partial charge in [0, 0.05) is 30.7 Å². The average molecular weight is 302 g/mol. The van der Waals surface area contributed by atoms with Gasteiger partial charge >= 0.3 is 0 Å². The molecule has 0 spiro atoms. The van der Waals surface area contributed by atoms with Gasteiger partial charge < -0.3 is 15.3 Å². The van der Waals surface area contributed by atoms with Crippen molar-refractivity contribution in [1.82, 2.24) is 10.2 Å². The van der Waals surface area contributed by atoms with Crippen molar-refractivity contribution >= 4 is 5.91 Å². The fraction of sp³-hybridized carbons (Fsp3) is 0.611. The second kappa shape index (κ2) is 7.25. The Morgan fingerprint density at radius 3 is 2.41 bits per heavy atom. The quantitative estimate of drug-likeness (QED) is 0.900. The molecule has 2 N–H and O–H groups in total. The van der Waals surface area contributed by atoms with Gasteiger partial charge in [-0.1, -0.05) is 31.0 Å². The summed E-state index contributed by atoms with van der Waals surface area (Å²) >= 11 is 0. The van der Waals surface area contributed by atoms with Crippen LogP contribution in [0.15, 0.2) is 30.3 Å². The number of aliphatic hydroxyl groups excluding tert-OH is 1. The summed E-state index contributed by atoms with van der Waals surface area (Å²) in [6.07, 6.45) is 6.10. The van der Waals surface area contributed by atoms with Crippen LogP contribution in [0.4, 0.5) is 0 Å². The molecule has 0 aromatic heterocycles. The van der Waals surface area contributed by atoms with Crippen LogP contribution in [0.1, 0.15) is 48.9 Å². The van der Waals surface area contributed by atoms with E-state index in [0.717, 1.165) is 50.8 Å². The Morgan fingerprint density at radius 2 is 1.73 bits per heavy atom. The number of aliphatic hydroxyl groups is 1. The Bertz CT molecular complexity index is 483. The summed E-state index contributed by atoms with van der Waals surface area (Å²) in [6.45, 7) is 1.60. The summed E-state index contributed by atoms with van der Waals surface area (Å²) in [5, 5.41) is 13.7. The number of benzene rings is 1. The van der Waals surface area contributed by atoms with Gasteiger partial charge in [-0.2, -0.15) is 0 Å². The third-order valence-corrected chi connectivity index (χ3v) is 4.98. The van der Waals surface area contributed by atoms with Gasteiger partial charge in [0.2, 0.25) is 0 Å². The molecule has 4 nitrogen and oxygen atoms in total. The number of likely N-dealkylation sites (tertiary alicyclic amines) is 1. The number of piperidine rings is 1. The normalized spacial score (nSPS) is 26.9. The average Bonchev–Trinajstić information content (AvgIpc) is 2.58. The van der Waals surface area contributed by atoms with E-state index in [1.807, 2.05) is 35.2 Å². The Labute approximate surface area is 132 Å². The Balaban J connectivity index is 1.49. The summed E-state index contributed by atoms with van der Waals surface area (Å²) in [5.41, 5.74) is 0.775. The van der Waals surface area contributed by atoms with Gasteiger partial charge in [-0.15, -0.1) is 0 Å². The number of hydrogen-bond donors (Lipinski definition) is 2. The minimum absolute atomic E-state index is 0.136. The lowest BCUT2D eigenvalue weighted by atomic mass is 9.91. The predicted octanol–water partition coefficient (Wildman–Crippen LogP) is 2.18. The number of nitrogens with one attached hydrogen (secondary N) is 1. The molecule has 0 bridgehead atoms. The second-order valence-electron chi connectivity index (χ2n) is 6.56. The van der Waals surface area contributed by atoms with Gasteiger partial charge in [0.15, 0.2) is 0 Å². The molecule has 22 heavy (non-hydrogen) atoms. The van der Waals surface area contributed by atoms with Crippen LogP contribution in [0.3, 0.4) is 0 Å². The zero-order chi connectivity index (χ0) is 15.4. The van der Waals surface area contributed by atoms with Gasteiger partial charge in [-0.05, 0) is 37.8 Å². The van der Waals surface area contributed by atoms with Crippen LogP contribution in [0.2, 0.25) is 0 Å². The highest BCUT2D eigenvalue weighted by molar-refractivity contribution is 5.94. The molecule has 1 aromatic carbocycles. The number of hydrogen-bond acceptors (Lipinski definition) is 3. The third-order valence-electron chi connectivity index (χ3n) is 4.98. The summed E-state index contributed by atoms with van der Waals surface area (Å²) < 4.78 is 0. The molecular weight excluding hydrogens is 276 g/mol. The van der Waals surface area contributed by atoms with Crippen molar-refractivity contribution in [1.29, 1.82) is 0 Å². The summed E-state index contributed by atoms with van der Waals surface area (Å²) in [5.74, 6) is 0.136. The Kier molecular flexibility index (Phi) is 5.11. The van der Waals surface area contributed by atoms with E-state index in [1.54, 1.807) is 0 Å². The monoisotopic (exact) mass is 302 g/mol. The summed E-state index contributed by atoms with van der Waals surface area (Å²) in [4.78, 5) is 14.4. The van der Waals surface area contributed by atoms with E-state index < -0.39 is 0 Å². The molecule has 1 aliphatic heterocycles. The molecule has 2 atom stereocenters. The van der Waals surface area contributed by atoms with Crippen molar-refractivity contribution in [3.05, 3.63) is 35.9 Å². The molecular formula is C18H26N2O2. The van der Waals surface area contributed by atoms with E-state index in [2.05, 4.69) is 5.32 Å². The minimum atomic E-state index is -0.197. The first-order valence-corrected chi connectivity index (χ1v) is 8.52. The largest absolute Gasteiger partial charge is 0.392 e. The van der Waals surface area contributed by atoms with Gasteiger partial charge in [0.05, 0.1) is 6.10 Å². The fourth-order valence-electron chi connectivity index (χ4n) is 3.62. The number of amides is 1. The van der Waals surface area contributed by atoms with Gasteiger partial charge in [-0.25, -0.2) is 0 Å². The van der Waals surface area contributed by atoms with E-state index >= 15 is 0 Å². The highest BCUT2D eigenvalue weighted by atomic mass is 16.3. The molecule has 2 fully saturated rings. The first-order chi connectivity index (χ1) is 10.7. The second-order valence-corrected chi connectivity index (χ2v) is 6.56. The first kappa shape index (κ1) is 15.5. The molecule has 0 radical (unpaired) electrons. The summed E-state index contributed by atoms with van der Waals surface area (Å²) in [7, 11) is 0. The molecule has 1 aliphatic carbocycles. The predicted molar refractivity (Wildman–Crippen MR) is 86.8 cm³/mol. The van der Waals surface area contributed by atoms with Crippen LogP contribution in [-0.4, -0.2) is 47.2 Å². The van der Waals surface area contributed by atoms with E-state index in [4.69, 9.17) is 0 Å². The van der Waals surface area contributed by atoms with Gasteiger partial charge in [-0.3, -0.25) is 4.79 Å². The number of nitrogens with zero attached hydrogens (tertiary/aromatic N) is 1. The van der Waals surface area contributed by atoms with Crippen molar-refractivity contribution < 1.29 is 9.90 Å². The van der Waals surface area contributed by atoms with E-state index in [-0.39, 0.29) is 18.1 Å². The molecule has 1 saturated heterocycles. The molecule has 2 aliphatic rings.